The standard InChI is InChI=1S/C23H22FN7S/c1-30(13-3-11-25)15-16-10-12-26-20(14-16)28-23-27-19-8-9-21(29-22(19)32-23)31(2)18-6-4-17(24)5-7-18/h4-10,12,14H,3,13,15H2,1-2H3,(H,26,27,28). The van der Waals surface area contributed by atoms with Crippen molar-refractivity contribution in [3.8, 4) is 6.07 Å². The lowest BCUT2D eigenvalue weighted by Gasteiger charge is -2.17. The van der Waals surface area contributed by atoms with E-state index in [0.717, 1.165) is 40.5 Å². The van der Waals surface area contributed by atoms with Crippen LogP contribution < -0.4 is 10.2 Å². The molecule has 0 saturated carbocycles. The molecule has 32 heavy (non-hydrogen) atoms. The summed E-state index contributed by atoms with van der Waals surface area (Å²) in [7, 11) is 3.88. The normalized spacial score (nSPS) is 11.0. The van der Waals surface area contributed by atoms with Crippen molar-refractivity contribution >= 4 is 44.1 Å². The van der Waals surface area contributed by atoms with E-state index < -0.39 is 0 Å². The molecule has 3 aromatic heterocycles. The smallest absolute Gasteiger partial charge is 0.190 e. The summed E-state index contributed by atoms with van der Waals surface area (Å²) >= 11 is 1.45. The Balaban J connectivity index is 1.49. The van der Waals surface area contributed by atoms with Crippen molar-refractivity contribution < 1.29 is 4.39 Å². The van der Waals surface area contributed by atoms with Crippen molar-refractivity contribution in [1.82, 2.24) is 19.9 Å². The minimum Gasteiger partial charge on any atom is -0.329 e. The second-order valence-corrected chi connectivity index (χ2v) is 8.35. The van der Waals surface area contributed by atoms with Gasteiger partial charge >= 0.3 is 0 Å². The molecule has 0 unspecified atom stereocenters. The van der Waals surface area contributed by atoms with Gasteiger partial charge in [0.15, 0.2) is 5.13 Å². The number of hydrogen-bond acceptors (Lipinski definition) is 8. The van der Waals surface area contributed by atoms with Crippen LogP contribution in [0.3, 0.4) is 0 Å². The Morgan fingerprint density at radius 2 is 1.91 bits per heavy atom. The fraction of sp³-hybridized carbons (Fsp3) is 0.217. The van der Waals surface area contributed by atoms with Gasteiger partial charge in [0, 0.05) is 38.4 Å². The summed E-state index contributed by atoms with van der Waals surface area (Å²) in [6.07, 6.45) is 2.26. The fourth-order valence-electron chi connectivity index (χ4n) is 3.23. The second-order valence-electron chi connectivity index (χ2n) is 7.37. The molecule has 1 aromatic carbocycles. The van der Waals surface area contributed by atoms with E-state index in [2.05, 4.69) is 26.3 Å². The summed E-state index contributed by atoms with van der Waals surface area (Å²) in [5, 5.41) is 12.7. The first-order valence-corrected chi connectivity index (χ1v) is 10.9. The van der Waals surface area contributed by atoms with Crippen molar-refractivity contribution in [3.05, 3.63) is 66.1 Å². The van der Waals surface area contributed by atoms with E-state index >= 15 is 0 Å². The molecule has 4 rings (SSSR count). The molecule has 7 nitrogen and oxygen atoms in total. The van der Waals surface area contributed by atoms with Gasteiger partial charge in [-0.3, -0.25) is 0 Å². The van der Waals surface area contributed by atoms with Crippen molar-refractivity contribution in [2.24, 2.45) is 0 Å². The molecule has 4 aromatic rings. The van der Waals surface area contributed by atoms with Crippen LogP contribution in [-0.4, -0.2) is 40.5 Å². The second kappa shape index (κ2) is 9.68. The third kappa shape index (κ3) is 5.17. The molecule has 0 bridgehead atoms. The number of halogens is 1. The molecule has 9 heteroatoms. The number of aromatic nitrogens is 3. The van der Waals surface area contributed by atoms with Gasteiger partial charge in [0.25, 0.3) is 0 Å². The molecule has 0 aliphatic rings. The molecule has 0 aliphatic heterocycles. The zero-order valence-corrected chi connectivity index (χ0v) is 18.6. The predicted molar refractivity (Wildman–Crippen MR) is 126 cm³/mol. The Morgan fingerprint density at radius 3 is 2.69 bits per heavy atom. The van der Waals surface area contributed by atoms with Gasteiger partial charge in [0.05, 0.1) is 6.07 Å². The predicted octanol–water partition coefficient (Wildman–Crippen LogP) is 5.08. The number of benzene rings is 1. The largest absolute Gasteiger partial charge is 0.329 e. The minimum atomic E-state index is -0.268. The lowest BCUT2D eigenvalue weighted by atomic mass is 10.2. The first-order chi connectivity index (χ1) is 15.5. The molecule has 0 atom stereocenters. The van der Waals surface area contributed by atoms with E-state index in [1.165, 1.54) is 23.5 Å². The summed E-state index contributed by atoms with van der Waals surface area (Å²) in [6.45, 7) is 1.46. The lowest BCUT2D eigenvalue weighted by molar-refractivity contribution is 0.335. The van der Waals surface area contributed by atoms with E-state index in [1.54, 1.807) is 18.3 Å². The van der Waals surface area contributed by atoms with Crippen LogP contribution in [0.4, 0.5) is 26.8 Å². The van der Waals surface area contributed by atoms with E-state index in [0.29, 0.717) is 17.4 Å². The Bertz CT molecular complexity index is 1250. The van der Waals surface area contributed by atoms with Crippen LogP contribution in [0.25, 0.3) is 10.3 Å². The Morgan fingerprint density at radius 1 is 1.09 bits per heavy atom. The van der Waals surface area contributed by atoms with Crippen LogP contribution in [0, 0.1) is 17.1 Å². The monoisotopic (exact) mass is 447 g/mol. The summed E-state index contributed by atoms with van der Waals surface area (Å²) in [5.41, 5.74) is 2.74. The lowest BCUT2D eigenvalue weighted by Crippen LogP contribution is -2.18. The first-order valence-electron chi connectivity index (χ1n) is 10.1. The van der Waals surface area contributed by atoms with Gasteiger partial charge in [0.1, 0.15) is 27.8 Å². The summed E-state index contributed by atoms with van der Waals surface area (Å²) in [4.78, 5) is 18.5. The first kappa shape index (κ1) is 21.6. The van der Waals surface area contributed by atoms with Crippen LogP contribution in [0.5, 0.6) is 0 Å². The molecule has 0 amide bonds. The van der Waals surface area contributed by atoms with Crippen molar-refractivity contribution in [2.75, 3.05) is 30.9 Å². The van der Waals surface area contributed by atoms with E-state index in [4.69, 9.17) is 10.2 Å². The molecular formula is C23H22FN7S. The molecule has 3 heterocycles. The minimum absolute atomic E-state index is 0.268. The van der Waals surface area contributed by atoms with Crippen LogP contribution in [-0.2, 0) is 6.54 Å². The Hall–Kier alpha value is -3.61. The number of nitriles is 1. The maximum absolute atomic E-state index is 13.2. The highest BCUT2D eigenvalue weighted by Gasteiger charge is 2.11. The highest BCUT2D eigenvalue weighted by molar-refractivity contribution is 7.21. The SMILES string of the molecule is CN(CCC#N)Cc1ccnc(Nc2nc3ccc(N(C)c4ccc(F)cc4)nc3s2)c1. The topological polar surface area (TPSA) is 81.0 Å². The molecule has 162 valence electrons. The van der Waals surface area contributed by atoms with Crippen molar-refractivity contribution in [2.45, 2.75) is 13.0 Å². The number of nitrogens with zero attached hydrogens (tertiary/aromatic N) is 6. The van der Waals surface area contributed by atoms with Crippen LogP contribution in [0.2, 0.25) is 0 Å². The maximum Gasteiger partial charge on any atom is 0.190 e. The van der Waals surface area contributed by atoms with Crippen LogP contribution >= 0.6 is 11.3 Å². The fourth-order valence-corrected chi connectivity index (χ4v) is 4.07. The van der Waals surface area contributed by atoms with Gasteiger partial charge in [-0.25, -0.2) is 19.3 Å². The van der Waals surface area contributed by atoms with Gasteiger partial charge < -0.3 is 15.1 Å². The van der Waals surface area contributed by atoms with Crippen LogP contribution in [0.15, 0.2) is 54.7 Å². The third-order valence-corrected chi connectivity index (χ3v) is 5.80. The molecule has 0 radical (unpaired) electrons. The Kier molecular flexibility index (Phi) is 6.54. The number of hydrogen-bond donors (Lipinski definition) is 1. The summed E-state index contributed by atoms with van der Waals surface area (Å²) in [5.74, 6) is 1.19. The number of nitrogens with one attached hydrogen (secondary N) is 1. The highest BCUT2D eigenvalue weighted by atomic mass is 32.1. The number of pyridine rings is 2. The summed E-state index contributed by atoms with van der Waals surface area (Å²) < 4.78 is 13.2. The molecule has 0 fully saturated rings. The van der Waals surface area contributed by atoms with Crippen molar-refractivity contribution in [1.29, 1.82) is 5.26 Å². The van der Waals surface area contributed by atoms with Gasteiger partial charge in [-0.1, -0.05) is 11.3 Å². The average Bonchev–Trinajstić information content (AvgIpc) is 3.19. The summed E-state index contributed by atoms with van der Waals surface area (Å²) in [6, 6.07) is 16.2. The van der Waals surface area contributed by atoms with Crippen LogP contribution in [0.1, 0.15) is 12.0 Å². The van der Waals surface area contributed by atoms with Gasteiger partial charge in [-0.05, 0) is 61.1 Å². The van der Waals surface area contributed by atoms with E-state index in [-0.39, 0.29) is 5.82 Å². The number of thiazole rings is 1. The average molecular weight is 448 g/mol. The number of anilines is 4. The molecule has 0 saturated heterocycles. The van der Waals surface area contributed by atoms with E-state index in [9.17, 15) is 4.39 Å². The zero-order chi connectivity index (χ0) is 22.5. The molecule has 0 aliphatic carbocycles. The van der Waals surface area contributed by atoms with Gasteiger partial charge in [-0.15, -0.1) is 0 Å². The quantitative estimate of drug-likeness (QED) is 0.403. The molecule has 1 N–H and O–H groups in total. The Labute approximate surface area is 189 Å². The third-order valence-electron chi connectivity index (χ3n) is 4.92. The zero-order valence-electron chi connectivity index (χ0n) is 17.8. The number of rotatable bonds is 8. The van der Waals surface area contributed by atoms with Gasteiger partial charge in [0.2, 0.25) is 0 Å². The van der Waals surface area contributed by atoms with Crippen molar-refractivity contribution in [3.63, 3.8) is 0 Å². The maximum atomic E-state index is 13.2. The molecular weight excluding hydrogens is 425 g/mol. The molecule has 0 spiro atoms. The highest BCUT2D eigenvalue weighted by Crippen LogP contribution is 2.30. The van der Waals surface area contributed by atoms with E-state index in [1.807, 2.05) is 43.3 Å². The number of fused-ring (bicyclic) bond motifs is 1. The van der Waals surface area contributed by atoms with Gasteiger partial charge in [-0.2, -0.15) is 5.26 Å².